The first-order valence-electron chi connectivity index (χ1n) is 9.91. The van der Waals surface area contributed by atoms with Gasteiger partial charge in [-0.15, -0.1) is 0 Å². The Morgan fingerprint density at radius 2 is 2.03 bits per heavy atom. The molecule has 1 saturated carbocycles. The van der Waals surface area contributed by atoms with Gasteiger partial charge in [0.25, 0.3) is 5.91 Å². The normalized spacial score (nSPS) is 31.2. The van der Waals surface area contributed by atoms with E-state index in [0.717, 1.165) is 12.8 Å². The van der Waals surface area contributed by atoms with Crippen LogP contribution in [0, 0.1) is 6.92 Å². The van der Waals surface area contributed by atoms with Crippen molar-refractivity contribution in [2.45, 2.75) is 62.7 Å². The van der Waals surface area contributed by atoms with Crippen LogP contribution in [0.2, 0.25) is 0 Å². The average Bonchev–Trinajstić information content (AvgIpc) is 3.40. The Hall–Kier alpha value is -2.55. The molecule has 1 unspecified atom stereocenters. The minimum atomic E-state index is -0.787. The minimum Gasteiger partial charge on any atom is -0.387 e. The van der Waals surface area contributed by atoms with Gasteiger partial charge in [-0.1, -0.05) is 25.1 Å². The Morgan fingerprint density at radius 1 is 1.31 bits per heavy atom. The maximum absolute atomic E-state index is 12.7. The highest BCUT2D eigenvalue weighted by Gasteiger charge is 2.77. The molecule has 3 heterocycles. The second-order valence-corrected chi connectivity index (χ2v) is 8.06. The molecular formula is C21H23N3O5. The number of anilines is 1. The van der Waals surface area contributed by atoms with Crippen molar-refractivity contribution in [2.24, 2.45) is 0 Å². The molecule has 1 amide bonds. The van der Waals surface area contributed by atoms with Crippen molar-refractivity contribution in [3.63, 3.8) is 0 Å². The second-order valence-electron chi connectivity index (χ2n) is 8.06. The Balaban J connectivity index is 1.43. The monoisotopic (exact) mass is 397 g/mol. The number of hydrogen-bond donors (Lipinski definition) is 2. The molecule has 152 valence electrons. The fraction of sp³-hybridized carbons (Fsp3) is 0.476. The first-order valence-corrected chi connectivity index (χ1v) is 9.91. The number of carbonyl (C=O) groups excluding carboxylic acids is 1. The van der Waals surface area contributed by atoms with E-state index in [4.69, 9.17) is 9.47 Å². The molecule has 1 aromatic carbocycles. The number of carbonyl (C=O) groups is 1. The number of amides is 1. The molecule has 2 saturated heterocycles. The Kier molecular flexibility index (Phi) is 3.96. The number of nitrogens with one attached hydrogen (secondary N) is 1. The van der Waals surface area contributed by atoms with Crippen LogP contribution < -0.4 is 11.0 Å². The molecule has 2 bridgehead atoms. The minimum absolute atomic E-state index is 0.202. The van der Waals surface area contributed by atoms with Crippen LogP contribution in [0.15, 0.2) is 41.3 Å². The third-order valence-electron chi connectivity index (χ3n) is 6.44. The largest absolute Gasteiger partial charge is 0.387 e. The lowest BCUT2D eigenvalue weighted by Crippen LogP contribution is -2.49. The summed E-state index contributed by atoms with van der Waals surface area (Å²) < 4.78 is 13.8. The summed E-state index contributed by atoms with van der Waals surface area (Å²) in [5, 5.41) is 13.5. The standard InChI is InChI=1S/C21H23N3O5/c1-3-21-15(25)14(28-20(21)9-10-20)18(29-21)24-11-12(2)16(23-19(24)27)22-17(26)13-7-5-4-6-8-13/h4-8,11,14-15,18,25H,3,9-10H2,1-2H3,(H,22,23,26,27)/t14-,15?,18+,21+/m0/s1. The quantitative estimate of drug-likeness (QED) is 0.815. The van der Waals surface area contributed by atoms with E-state index in [1.807, 2.05) is 13.0 Å². The van der Waals surface area contributed by atoms with Gasteiger partial charge in [-0.05, 0) is 38.3 Å². The lowest BCUT2D eigenvalue weighted by molar-refractivity contribution is -0.226. The van der Waals surface area contributed by atoms with Gasteiger partial charge in [0.2, 0.25) is 0 Å². The van der Waals surface area contributed by atoms with Gasteiger partial charge in [-0.2, -0.15) is 4.98 Å². The average molecular weight is 397 g/mol. The third kappa shape index (κ3) is 2.52. The van der Waals surface area contributed by atoms with Gasteiger partial charge in [0.15, 0.2) is 6.23 Å². The highest BCUT2D eigenvalue weighted by atomic mass is 16.7. The fourth-order valence-corrected chi connectivity index (χ4v) is 4.76. The molecule has 8 heteroatoms. The van der Waals surface area contributed by atoms with Gasteiger partial charge >= 0.3 is 5.69 Å². The number of aromatic nitrogens is 2. The molecule has 1 aromatic heterocycles. The van der Waals surface area contributed by atoms with Crippen molar-refractivity contribution in [3.05, 3.63) is 58.1 Å². The number of ether oxygens (including phenoxy) is 2. The van der Waals surface area contributed by atoms with Gasteiger partial charge in [-0.25, -0.2) is 4.79 Å². The first-order chi connectivity index (χ1) is 13.9. The number of benzene rings is 1. The van der Waals surface area contributed by atoms with Crippen LogP contribution >= 0.6 is 0 Å². The van der Waals surface area contributed by atoms with Gasteiger partial charge in [0.1, 0.15) is 29.2 Å². The topological polar surface area (TPSA) is 103 Å². The molecular weight excluding hydrogens is 374 g/mol. The molecule has 3 fully saturated rings. The molecule has 5 rings (SSSR count). The summed E-state index contributed by atoms with van der Waals surface area (Å²) in [5.74, 6) is -0.137. The molecule has 2 N–H and O–H groups in total. The molecule has 3 aliphatic rings. The van der Waals surface area contributed by atoms with Crippen LogP contribution in [-0.2, 0) is 9.47 Å². The number of fused-ring (bicyclic) bond motifs is 3. The van der Waals surface area contributed by atoms with Crippen LogP contribution in [0.1, 0.15) is 48.3 Å². The summed E-state index contributed by atoms with van der Waals surface area (Å²) in [7, 11) is 0. The molecule has 4 atom stereocenters. The van der Waals surface area contributed by atoms with E-state index in [2.05, 4.69) is 10.3 Å². The van der Waals surface area contributed by atoms with Gasteiger partial charge in [0.05, 0.1) is 0 Å². The van der Waals surface area contributed by atoms with Gasteiger partial charge < -0.3 is 19.9 Å². The molecule has 2 aliphatic heterocycles. The van der Waals surface area contributed by atoms with Crippen LogP contribution in [0.25, 0.3) is 0 Å². The molecule has 29 heavy (non-hydrogen) atoms. The van der Waals surface area contributed by atoms with Crippen molar-refractivity contribution in [3.8, 4) is 0 Å². The fourth-order valence-electron chi connectivity index (χ4n) is 4.76. The highest BCUT2D eigenvalue weighted by Crippen LogP contribution is 2.65. The number of nitrogens with zero attached hydrogens (tertiary/aromatic N) is 2. The van der Waals surface area contributed by atoms with E-state index >= 15 is 0 Å². The smallest absolute Gasteiger partial charge is 0.351 e. The van der Waals surface area contributed by atoms with E-state index < -0.39 is 35.3 Å². The van der Waals surface area contributed by atoms with E-state index in [-0.39, 0.29) is 11.7 Å². The first kappa shape index (κ1) is 18.5. The Bertz CT molecular complexity index is 1030. The number of aryl methyl sites for hydroxylation is 1. The zero-order valence-corrected chi connectivity index (χ0v) is 16.3. The third-order valence-corrected chi connectivity index (χ3v) is 6.44. The number of aliphatic hydroxyl groups excluding tert-OH is 1. The van der Waals surface area contributed by atoms with Crippen LogP contribution in [0.5, 0.6) is 0 Å². The van der Waals surface area contributed by atoms with Crippen molar-refractivity contribution < 1.29 is 19.4 Å². The summed E-state index contributed by atoms with van der Waals surface area (Å²) in [6, 6.07) is 8.72. The van der Waals surface area contributed by atoms with Crippen LogP contribution in [0.3, 0.4) is 0 Å². The zero-order valence-electron chi connectivity index (χ0n) is 16.3. The van der Waals surface area contributed by atoms with Crippen LogP contribution in [0.4, 0.5) is 5.82 Å². The maximum Gasteiger partial charge on any atom is 0.351 e. The molecule has 8 nitrogen and oxygen atoms in total. The number of hydrogen-bond acceptors (Lipinski definition) is 6. The maximum atomic E-state index is 12.7. The summed E-state index contributed by atoms with van der Waals surface area (Å²) in [6.45, 7) is 3.72. The Labute approximate surface area is 167 Å². The van der Waals surface area contributed by atoms with E-state index in [1.165, 1.54) is 4.57 Å². The van der Waals surface area contributed by atoms with E-state index in [9.17, 15) is 14.7 Å². The second kappa shape index (κ2) is 6.22. The Morgan fingerprint density at radius 3 is 2.69 bits per heavy atom. The lowest BCUT2D eigenvalue weighted by Gasteiger charge is -2.37. The zero-order chi connectivity index (χ0) is 20.4. The summed E-state index contributed by atoms with van der Waals surface area (Å²) in [5.41, 5.74) is -0.677. The van der Waals surface area contributed by atoms with Crippen molar-refractivity contribution in [1.82, 2.24) is 9.55 Å². The molecule has 1 aliphatic carbocycles. The molecule has 0 radical (unpaired) electrons. The highest BCUT2D eigenvalue weighted by molar-refractivity contribution is 6.03. The number of rotatable bonds is 4. The van der Waals surface area contributed by atoms with Crippen LogP contribution in [-0.4, -0.2) is 44.0 Å². The van der Waals surface area contributed by atoms with Crippen molar-refractivity contribution in [2.75, 3.05) is 5.32 Å². The predicted molar refractivity (Wildman–Crippen MR) is 104 cm³/mol. The van der Waals surface area contributed by atoms with E-state index in [1.54, 1.807) is 37.4 Å². The van der Waals surface area contributed by atoms with Gasteiger partial charge in [0, 0.05) is 17.3 Å². The predicted octanol–water partition coefficient (Wildman–Crippen LogP) is 1.77. The van der Waals surface area contributed by atoms with Crippen molar-refractivity contribution >= 4 is 11.7 Å². The SMILES string of the molecule is CC[C@]12O[C@@H](n3cc(C)c(NC(=O)c4ccccc4)nc3=O)[C@@H](OC13CC3)C2O. The summed E-state index contributed by atoms with van der Waals surface area (Å²) in [6.07, 6.45) is 1.78. The summed E-state index contributed by atoms with van der Waals surface area (Å²) in [4.78, 5) is 29.2. The van der Waals surface area contributed by atoms with Gasteiger partial charge in [-0.3, -0.25) is 9.36 Å². The molecule has 1 spiro atoms. The van der Waals surface area contributed by atoms with Crippen molar-refractivity contribution in [1.29, 1.82) is 0 Å². The molecule has 2 aromatic rings. The number of aliphatic hydroxyl groups is 1. The van der Waals surface area contributed by atoms with E-state index in [0.29, 0.717) is 17.5 Å². The lowest BCUT2D eigenvalue weighted by atomic mass is 9.88. The summed E-state index contributed by atoms with van der Waals surface area (Å²) >= 11 is 0.